The topological polar surface area (TPSA) is 59.9 Å². The van der Waals surface area contributed by atoms with E-state index in [0.717, 1.165) is 10.9 Å². The van der Waals surface area contributed by atoms with Gasteiger partial charge in [0.2, 0.25) is 0 Å². The van der Waals surface area contributed by atoms with Crippen LogP contribution in [0, 0.1) is 11.7 Å². The SMILES string of the molecule is CNc1nc(-c2cccnc2)nc2c(OCC(C)C)cc(-c3ccccc3F)cc12. The van der Waals surface area contributed by atoms with E-state index in [4.69, 9.17) is 9.72 Å². The van der Waals surface area contributed by atoms with Gasteiger partial charge in [-0.3, -0.25) is 4.98 Å². The molecule has 4 aromatic rings. The van der Waals surface area contributed by atoms with E-state index >= 15 is 0 Å². The second-order valence-electron chi connectivity index (χ2n) is 7.44. The van der Waals surface area contributed by atoms with Crippen molar-refractivity contribution < 1.29 is 9.13 Å². The number of hydrogen-bond donors (Lipinski definition) is 1. The molecule has 5 nitrogen and oxygen atoms in total. The van der Waals surface area contributed by atoms with Crippen LogP contribution in [-0.4, -0.2) is 28.6 Å². The van der Waals surface area contributed by atoms with Crippen molar-refractivity contribution in [1.82, 2.24) is 15.0 Å². The average molecular weight is 402 g/mol. The molecular weight excluding hydrogens is 379 g/mol. The second-order valence-corrected chi connectivity index (χ2v) is 7.44. The summed E-state index contributed by atoms with van der Waals surface area (Å²) in [6.07, 6.45) is 3.43. The highest BCUT2D eigenvalue weighted by molar-refractivity contribution is 5.97. The van der Waals surface area contributed by atoms with Gasteiger partial charge in [0, 0.05) is 36.0 Å². The smallest absolute Gasteiger partial charge is 0.163 e. The lowest BCUT2D eigenvalue weighted by molar-refractivity contribution is 0.273. The van der Waals surface area contributed by atoms with Crippen molar-refractivity contribution in [2.75, 3.05) is 19.0 Å². The number of rotatable bonds is 6. The maximum Gasteiger partial charge on any atom is 0.163 e. The second kappa shape index (κ2) is 8.45. The highest BCUT2D eigenvalue weighted by Gasteiger charge is 2.17. The molecule has 2 aromatic heterocycles. The summed E-state index contributed by atoms with van der Waals surface area (Å²) in [5.41, 5.74) is 2.71. The number of benzene rings is 2. The zero-order valence-electron chi connectivity index (χ0n) is 17.2. The van der Waals surface area contributed by atoms with E-state index in [2.05, 4.69) is 29.1 Å². The first-order valence-electron chi connectivity index (χ1n) is 9.88. The summed E-state index contributed by atoms with van der Waals surface area (Å²) in [5, 5.41) is 3.91. The lowest BCUT2D eigenvalue weighted by atomic mass is 10.0. The summed E-state index contributed by atoms with van der Waals surface area (Å²) >= 11 is 0. The summed E-state index contributed by atoms with van der Waals surface area (Å²) in [7, 11) is 1.80. The predicted octanol–water partition coefficient (Wildman–Crippen LogP) is 5.57. The van der Waals surface area contributed by atoms with Gasteiger partial charge in [0.15, 0.2) is 5.82 Å². The van der Waals surface area contributed by atoms with Gasteiger partial charge >= 0.3 is 0 Å². The summed E-state index contributed by atoms with van der Waals surface area (Å²) in [4.78, 5) is 13.6. The molecule has 0 unspecified atom stereocenters. The third kappa shape index (κ3) is 3.94. The molecule has 0 aliphatic carbocycles. The zero-order chi connectivity index (χ0) is 21.1. The van der Waals surface area contributed by atoms with Gasteiger partial charge in [-0.15, -0.1) is 0 Å². The molecule has 152 valence electrons. The largest absolute Gasteiger partial charge is 0.491 e. The van der Waals surface area contributed by atoms with Crippen LogP contribution in [0.2, 0.25) is 0 Å². The summed E-state index contributed by atoms with van der Waals surface area (Å²) < 4.78 is 20.6. The number of hydrogen-bond acceptors (Lipinski definition) is 5. The minimum atomic E-state index is -0.287. The molecular formula is C24H23FN4O. The summed E-state index contributed by atoms with van der Waals surface area (Å²) in [5.74, 6) is 1.84. The fourth-order valence-electron chi connectivity index (χ4n) is 3.23. The van der Waals surface area contributed by atoms with Gasteiger partial charge in [0.25, 0.3) is 0 Å². The lowest BCUT2D eigenvalue weighted by Crippen LogP contribution is -2.07. The summed E-state index contributed by atoms with van der Waals surface area (Å²) in [6.45, 7) is 4.69. The van der Waals surface area contributed by atoms with Gasteiger partial charge in [0.05, 0.1) is 6.61 Å². The number of pyridine rings is 1. The quantitative estimate of drug-likeness (QED) is 0.457. The minimum absolute atomic E-state index is 0.287. The molecule has 0 spiro atoms. The number of halogens is 1. The summed E-state index contributed by atoms with van der Waals surface area (Å²) in [6, 6.07) is 14.2. The molecule has 0 amide bonds. The molecule has 0 radical (unpaired) electrons. The first-order valence-corrected chi connectivity index (χ1v) is 9.88. The third-order valence-corrected chi connectivity index (χ3v) is 4.68. The van der Waals surface area contributed by atoms with E-state index in [1.807, 2.05) is 30.3 Å². The van der Waals surface area contributed by atoms with Crippen LogP contribution >= 0.6 is 0 Å². The van der Waals surface area contributed by atoms with Crippen LogP contribution in [0.5, 0.6) is 5.75 Å². The van der Waals surface area contributed by atoms with Crippen molar-refractivity contribution in [3.63, 3.8) is 0 Å². The maximum atomic E-state index is 14.5. The molecule has 6 heteroatoms. The Balaban J connectivity index is 1.97. The van der Waals surface area contributed by atoms with E-state index in [0.29, 0.717) is 46.6 Å². The Bertz CT molecular complexity index is 1180. The van der Waals surface area contributed by atoms with Gasteiger partial charge in [-0.1, -0.05) is 32.0 Å². The van der Waals surface area contributed by atoms with E-state index in [9.17, 15) is 4.39 Å². The van der Waals surface area contributed by atoms with Crippen LogP contribution in [0.4, 0.5) is 10.2 Å². The van der Waals surface area contributed by atoms with Crippen LogP contribution in [0.15, 0.2) is 60.9 Å². The maximum absolute atomic E-state index is 14.5. The molecule has 0 bridgehead atoms. The Morgan fingerprint density at radius 3 is 2.57 bits per heavy atom. The Labute approximate surface area is 175 Å². The van der Waals surface area contributed by atoms with Crippen molar-refractivity contribution >= 4 is 16.7 Å². The monoisotopic (exact) mass is 402 g/mol. The molecule has 0 aliphatic heterocycles. The average Bonchev–Trinajstić information content (AvgIpc) is 2.77. The van der Waals surface area contributed by atoms with Gasteiger partial charge < -0.3 is 10.1 Å². The number of nitrogens with zero attached hydrogens (tertiary/aromatic N) is 3. The molecule has 0 atom stereocenters. The number of anilines is 1. The fraction of sp³-hybridized carbons (Fsp3) is 0.208. The molecule has 2 heterocycles. The van der Waals surface area contributed by atoms with E-state index in [1.54, 1.807) is 31.6 Å². The van der Waals surface area contributed by atoms with Crippen LogP contribution in [0.25, 0.3) is 33.4 Å². The molecule has 0 saturated heterocycles. The number of ether oxygens (including phenoxy) is 1. The molecule has 4 rings (SSSR count). The van der Waals surface area contributed by atoms with Crippen LogP contribution in [0.3, 0.4) is 0 Å². The van der Waals surface area contributed by atoms with Crippen molar-refractivity contribution in [2.45, 2.75) is 13.8 Å². The van der Waals surface area contributed by atoms with Crippen molar-refractivity contribution in [3.8, 4) is 28.3 Å². The molecule has 0 aliphatic rings. The fourth-order valence-corrected chi connectivity index (χ4v) is 3.23. The number of fused-ring (bicyclic) bond motifs is 1. The lowest BCUT2D eigenvalue weighted by Gasteiger charge is -2.16. The van der Waals surface area contributed by atoms with Gasteiger partial charge in [0.1, 0.15) is 22.9 Å². The molecule has 0 fully saturated rings. The Hall–Kier alpha value is -3.54. The highest BCUT2D eigenvalue weighted by Crippen LogP contribution is 2.36. The number of aromatic nitrogens is 3. The molecule has 30 heavy (non-hydrogen) atoms. The minimum Gasteiger partial charge on any atom is -0.491 e. The zero-order valence-corrected chi connectivity index (χ0v) is 17.2. The van der Waals surface area contributed by atoms with Crippen molar-refractivity contribution in [1.29, 1.82) is 0 Å². The third-order valence-electron chi connectivity index (χ3n) is 4.68. The molecule has 1 N–H and O–H groups in total. The normalized spacial score (nSPS) is 11.1. The Kier molecular flexibility index (Phi) is 5.57. The van der Waals surface area contributed by atoms with Crippen LogP contribution in [0.1, 0.15) is 13.8 Å². The first-order chi connectivity index (χ1) is 14.6. The highest BCUT2D eigenvalue weighted by atomic mass is 19.1. The molecule has 0 saturated carbocycles. The van der Waals surface area contributed by atoms with E-state index < -0.39 is 0 Å². The van der Waals surface area contributed by atoms with E-state index in [1.165, 1.54) is 6.07 Å². The van der Waals surface area contributed by atoms with Gasteiger partial charge in [-0.2, -0.15) is 0 Å². The van der Waals surface area contributed by atoms with Crippen LogP contribution < -0.4 is 10.1 Å². The standard InChI is InChI=1S/C24H23FN4O/c1-15(2)14-30-21-12-17(18-8-4-5-9-20(18)25)11-19-22(21)28-23(29-24(19)26-3)16-7-6-10-27-13-16/h4-13,15H,14H2,1-3H3,(H,26,28,29). The molecule has 2 aromatic carbocycles. The van der Waals surface area contributed by atoms with Crippen molar-refractivity contribution in [3.05, 3.63) is 66.7 Å². The Morgan fingerprint density at radius 1 is 1.03 bits per heavy atom. The Morgan fingerprint density at radius 2 is 1.87 bits per heavy atom. The van der Waals surface area contributed by atoms with E-state index in [-0.39, 0.29) is 5.82 Å². The van der Waals surface area contributed by atoms with Gasteiger partial charge in [-0.25, -0.2) is 14.4 Å². The first kappa shape index (κ1) is 19.8. The van der Waals surface area contributed by atoms with Crippen LogP contribution in [-0.2, 0) is 0 Å². The predicted molar refractivity (Wildman–Crippen MR) is 118 cm³/mol. The van der Waals surface area contributed by atoms with Gasteiger partial charge in [-0.05, 0) is 41.8 Å². The number of nitrogens with one attached hydrogen (secondary N) is 1. The van der Waals surface area contributed by atoms with Crippen molar-refractivity contribution in [2.24, 2.45) is 5.92 Å².